The minimum atomic E-state index is 0.539. The first-order valence-electron chi connectivity index (χ1n) is 8.59. The van der Waals surface area contributed by atoms with Crippen LogP contribution in [-0.4, -0.2) is 47.0 Å². The monoisotopic (exact) mass is 359 g/mol. The van der Waals surface area contributed by atoms with Gasteiger partial charge in [0.05, 0.1) is 17.3 Å². The maximum atomic E-state index is 9.08. The molecule has 0 fully saturated rings. The summed E-state index contributed by atoms with van der Waals surface area (Å²) in [6.45, 7) is 1.60. The molecule has 0 atom stereocenters. The summed E-state index contributed by atoms with van der Waals surface area (Å²) in [6, 6.07) is 15.1. The first kappa shape index (κ1) is 18.3. The van der Waals surface area contributed by atoms with Gasteiger partial charge in [-0.1, -0.05) is 6.07 Å². The lowest BCUT2D eigenvalue weighted by atomic mass is 10.2. The van der Waals surface area contributed by atoms with E-state index in [2.05, 4.69) is 36.6 Å². The van der Waals surface area contributed by atoms with E-state index in [1.807, 2.05) is 44.4 Å². The molecule has 0 amide bonds. The predicted octanol–water partition coefficient (Wildman–Crippen LogP) is 3.13. The molecule has 0 aliphatic rings. The number of nitriles is 1. The second-order valence-electron chi connectivity index (χ2n) is 6.25. The van der Waals surface area contributed by atoms with Crippen molar-refractivity contribution in [1.82, 2.24) is 19.9 Å². The van der Waals surface area contributed by atoms with Crippen LogP contribution in [0.5, 0.6) is 0 Å². The van der Waals surface area contributed by atoms with E-state index in [-0.39, 0.29) is 0 Å². The standard InChI is InChI=1S/C20H21N7/c1-27(2)10-9-23-20-25-18(16-6-4-8-22-14-16)12-19(26-20)24-17-7-3-5-15(11-17)13-21/h3-8,11-12,14H,9-10H2,1-2H3,(H2,23,24,25,26). The number of pyridine rings is 1. The minimum absolute atomic E-state index is 0.539. The third kappa shape index (κ3) is 5.23. The molecule has 0 saturated carbocycles. The molecule has 0 radical (unpaired) electrons. The topological polar surface area (TPSA) is 89.8 Å². The number of anilines is 3. The Hall–Kier alpha value is -3.50. The van der Waals surface area contributed by atoms with Crippen LogP contribution in [0.4, 0.5) is 17.5 Å². The summed E-state index contributed by atoms with van der Waals surface area (Å²) in [5, 5.41) is 15.6. The lowest BCUT2D eigenvalue weighted by Crippen LogP contribution is -2.21. The largest absolute Gasteiger partial charge is 0.353 e. The molecular formula is C20H21N7. The summed E-state index contributed by atoms with van der Waals surface area (Å²) in [5.41, 5.74) is 3.06. The van der Waals surface area contributed by atoms with Crippen LogP contribution >= 0.6 is 0 Å². The van der Waals surface area contributed by atoms with E-state index in [1.54, 1.807) is 24.5 Å². The average molecular weight is 359 g/mol. The molecule has 2 aromatic heterocycles. The van der Waals surface area contributed by atoms with Crippen molar-refractivity contribution in [2.75, 3.05) is 37.8 Å². The number of nitrogens with one attached hydrogen (secondary N) is 2. The Balaban J connectivity index is 1.90. The second kappa shape index (κ2) is 8.74. The van der Waals surface area contributed by atoms with E-state index >= 15 is 0 Å². The fourth-order valence-electron chi connectivity index (χ4n) is 2.46. The number of hydrogen-bond donors (Lipinski definition) is 2. The van der Waals surface area contributed by atoms with E-state index in [4.69, 9.17) is 5.26 Å². The van der Waals surface area contributed by atoms with E-state index in [9.17, 15) is 0 Å². The van der Waals surface area contributed by atoms with Crippen molar-refractivity contribution in [3.05, 3.63) is 60.4 Å². The summed E-state index contributed by atoms with van der Waals surface area (Å²) in [4.78, 5) is 15.4. The van der Waals surface area contributed by atoms with Crippen LogP contribution < -0.4 is 10.6 Å². The van der Waals surface area contributed by atoms with Crippen molar-refractivity contribution in [3.63, 3.8) is 0 Å². The Kier molecular flexibility index (Phi) is 5.92. The molecule has 0 saturated heterocycles. The third-order valence-electron chi connectivity index (χ3n) is 3.79. The van der Waals surface area contributed by atoms with E-state index in [0.717, 1.165) is 30.0 Å². The van der Waals surface area contributed by atoms with Crippen LogP contribution in [0.1, 0.15) is 5.56 Å². The molecule has 2 heterocycles. The second-order valence-corrected chi connectivity index (χ2v) is 6.25. The van der Waals surface area contributed by atoms with Crippen molar-refractivity contribution < 1.29 is 0 Å². The van der Waals surface area contributed by atoms with E-state index < -0.39 is 0 Å². The molecular weight excluding hydrogens is 338 g/mol. The van der Waals surface area contributed by atoms with Gasteiger partial charge in [-0.2, -0.15) is 10.2 Å². The average Bonchev–Trinajstić information content (AvgIpc) is 2.68. The Morgan fingerprint density at radius 1 is 1.11 bits per heavy atom. The van der Waals surface area contributed by atoms with Gasteiger partial charge in [-0.25, -0.2) is 4.98 Å². The molecule has 0 bridgehead atoms. The highest BCUT2D eigenvalue weighted by Crippen LogP contribution is 2.23. The number of rotatable bonds is 7. The zero-order valence-corrected chi connectivity index (χ0v) is 15.3. The van der Waals surface area contributed by atoms with Crippen molar-refractivity contribution in [2.45, 2.75) is 0 Å². The molecule has 0 unspecified atom stereocenters. The minimum Gasteiger partial charge on any atom is -0.353 e. The van der Waals surface area contributed by atoms with Crippen LogP contribution in [0.3, 0.4) is 0 Å². The summed E-state index contributed by atoms with van der Waals surface area (Å²) in [5.74, 6) is 1.18. The van der Waals surface area contributed by atoms with Gasteiger partial charge >= 0.3 is 0 Å². The van der Waals surface area contributed by atoms with Crippen molar-refractivity contribution >= 4 is 17.5 Å². The quantitative estimate of drug-likeness (QED) is 0.670. The fraction of sp³-hybridized carbons (Fsp3) is 0.200. The van der Waals surface area contributed by atoms with Crippen LogP contribution in [0, 0.1) is 11.3 Å². The molecule has 0 aliphatic heterocycles. The van der Waals surface area contributed by atoms with E-state index in [1.165, 1.54) is 0 Å². The lowest BCUT2D eigenvalue weighted by Gasteiger charge is -2.13. The smallest absolute Gasteiger partial charge is 0.225 e. The van der Waals surface area contributed by atoms with Gasteiger partial charge in [-0.15, -0.1) is 0 Å². The predicted molar refractivity (Wildman–Crippen MR) is 107 cm³/mol. The summed E-state index contributed by atoms with van der Waals surface area (Å²) in [6.07, 6.45) is 3.50. The van der Waals surface area contributed by atoms with Crippen LogP contribution in [-0.2, 0) is 0 Å². The Morgan fingerprint density at radius 2 is 2.00 bits per heavy atom. The molecule has 2 N–H and O–H groups in total. The Bertz CT molecular complexity index is 933. The third-order valence-corrected chi connectivity index (χ3v) is 3.79. The first-order chi connectivity index (χ1) is 13.1. The zero-order valence-electron chi connectivity index (χ0n) is 15.3. The highest BCUT2D eigenvalue weighted by atomic mass is 15.2. The molecule has 0 aliphatic carbocycles. The zero-order chi connectivity index (χ0) is 19.1. The number of aromatic nitrogens is 3. The molecule has 1 aromatic carbocycles. The van der Waals surface area contributed by atoms with Gasteiger partial charge in [0.1, 0.15) is 5.82 Å². The number of benzene rings is 1. The van der Waals surface area contributed by atoms with Gasteiger partial charge in [0.15, 0.2) is 0 Å². The maximum absolute atomic E-state index is 9.08. The van der Waals surface area contributed by atoms with Crippen LogP contribution in [0.15, 0.2) is 54.9 Å². The maximum Gasteiger partial charge on any atom is 0.225 e. The molecule has 7 heteroatoms. The normalized spacial score (nSPS) is 10.4. The number of nitrogens with zero attached hydrogens (tertiary/aromatic N) is 5. The van der Waals surface area contributed by atoms with E-state index in [0.29, 0.717) is 17.3 Å². The van der Waals surface area contributed by atoms with Gasteiger partial charge in [0.25, 0.3) is 0 Å². The Morgan fingerprint density at radius 3 is 2.74 bits per heavy atom. The molecule has 27 heavy (non-hydrogen) atoms. The lowest BCUT2D eigenvalue weighted by molar-refractivity contribution is 0.425. The summed E-state index contributed by atoms with van der Waals surface area (Å²) >= 11 is 0. The highest BCUT2D eigenvalue weighted by molar-refractivity contribution is 5.67. The fourth-order valence-corrected chi connectivity index (χ4v) is 2.46. The molecule has 136 valence electrons. The SMILES string of the molecule is CN(C)CCNc1nc(Nc2cccc(C#N)c2)cc(-c2cccnc2)n1. The van der Waals surface area contributed by atoms with Gasteiger partial charge in [0.2, 0.25) is 5.95 Å². The van der Waals surface area contributed by atoms with Crippen LogP contribution in [0.25, 0.3) is 11.3 Å². The molecule has 3 aromatic rings. The summed E-state index contributed by atoms with van der Waals surface area (Å²) in [7, 11) is 4.04. The Labute approximate surface area is 158 Å². The molecule has 3 rings (SSSR count). The number of likely N-dealkylation sites (N-methyl/N-ethyl adjacent to an activating group) is 1. The van der Waals surface area contributed by atoms with Crippen LogP contribution in [0.2, 0.25) is 0 Å². The van der Waals surface area contributed by atoms with Crippen molar-refractivity contribution in [1.29, 1.82) is 5.26 Å². The highest BCUT2D eigenvalue weighted by Gasteiger charge is 2.08. The van der Waals surface area contributed by atoms with Gasteiger partial charge in [-0.3, -0.25) is 4.98 Å². The van der Waals surface area contributed by atoms with Crippen molar-refractivity contribution in [2.24, 2.45) is 0 Å². The van der Waals surface area contributed by atoms with Gasteiger partial charge in [-0.05, 0) is 44.4 Å². The number of hydrogen-bond acceptors (Lipinski definition) is 7. The summed E-state index contributed by atoms with van der Waals surface area (Å²) < 4.78 is 0. The first-order valence-corrected chi connectivity index (χ1v) is 8.59. The van der Waals surface area contributed by atoms with Crippen molar-refractivity contribution in [3.8, 4) is 17.3 Å². The molecule has 0 spiro atoms. The van der Waals surface area contributed by atoms with Gasteiger partial charge in [0, 0.05) is 42.8 Å². The molecule has 7 nitrogen and oxygen atoms in total. The van der Waals surface area contributed by atoms with Gasteiger partial charge < -0.3 is 15.5 Å².